The Hall–Kier alpha value is -2.68. The molecule has 0 atom stereocenters. The first-order chi connectivity index (χ1) is 15.4. The molecule has 1 fully saturated rings. The van der Waals surface area contributed by atoms with Gasteiger partial charge in [-0.2, -0.15) is 14.1 Å². The number of rotatable bonds is 4. The van der Waals surface area contributed by atoms with Crippen molar-refractivity contribution in [2.75, 3.05) is 31.1 Å². The Bertz CT molecular complexity index is 1320. The van der Waals surface area contributed by atoms with E-state index in [1.807, 2.05) is 35.2 Å². The zero-order chi connectivity index (χ0) is 22.3. The van der Waals surface area contributed by atoms with Crippen LogP contribution >= 0.6 is 11.6 Å². The lowest BCUT2D eigenvalue weighted by atomic mass is 10.1. The fourth-order valence-electron chi connectivity index (χ4n) is 4.42. The number of hydrogen-bond donors (Lipinski definition) is 0. The van der Waals surface area contributed by atoms with Gasteiger partial charge in [-0.05, 0) is 54.7 Å². The molecule has 5 rings (SSSR count). The van der Waals surface area contributed by atoms with Gasteiger partial charge in [0.1, 0.15) is 5.02 Å². The molecule has 0 unspecified atom stereocenters. The molecular weight excluding hydrogens is 448 g/mol. The number of anilines is 1. The molecule has 0 radical (unpaired) electrons. The number of hydrogen-bond acceptors (Lipinski definition) is 5. The van der Waals surface area contributed by atoms with Crippen molar-refractivity contribution in [2.24, 2.45) is 0 Å². The molecule has 166 valence electrons. The molecule has 1 aliphatic heterocycles. The molecule has 0 spiro atoms. The Kier molecular flexibility index (Phi) is 5.53. The smallest absolute Gasteiger partial charge is 0.292 e. The maximum atomic E-state index is 13.2. The molecule has 3 aromatic rings. The van der Waals surface area contributed by atoms with Crippen LogP contribution in [0.25, 0.3) is 5.69 Å². The Morgan fingerprint density at radius 1 is 0.906 bits per heavy atom. The van der Waals surface area contributed by atoms with Crippen LogP contribution in [-0.2, 0) is 22.9 Å². The topological polar surface area (TPSA) is 75.5 Å². The first kappa shape index (κ1) is 21.2. The van der Waals surface area contributed by atoms with E-state index in [-0.39, 0.29) is 5.02 Å². The van der Waals surface area contributed by atoms with Gasteiger partial charge in [0, 0.05) is 26.2 Å². The van der Waals surface area contributed by atoms with E-state index < -0.39 is 15.6 Å². The molecule has 0 saturated carbocycles. The van der Waals surface area contributed by atoms with E-state index >= 15 is 0 Å². The van der Waals surface area contributed by atoms with Crippen molar-refractivity contribution >= 4 is 27.3 Å². The molecule has 0 amide bonds. The van der Waals surface area contributed by atoms with Crippen LogP contribution in [0, 0.1) is 0 Å². The highest BCUT2D eigenvalue weighted by Crippen LogP contribution is 2.28. The maximum Gasteiger partial charge on any atom is 0.292 e. The van der Waals surface area contributed by atoms with E-state index in [1.165, 1.54) is 14.6 Å². The monoisotopic (exact) mass is 470 g/mol. The number of fused-ring (bicyclic) bond motifs is 1. The number of piperazine rings is 1. The number of sulfonamides is 1. The minimum atomic E-state index is -3.56. The summed E-state index contributed by atoms with van der Waals surface area (Å²) < 4.78 is 29.1. The third-order valence-electron chi connectivity index (χ3n) is 6.19. The first-order valence-corrected chi connectivity index (χ1v) is 12.5. The molecule has 32 heavy (non-hydrogen) atoms. The number of para-hydroxylation sites is 1. The SMILES string of the molecule is O=c1c(Cl)c(N2CCN(S(=O)(=O)c3ccc4c(c3)CCC4)CC2)cnn1-c1ccccc1. The Morgan fingerprint density at radius 2 is 1.62 bits per heavy atom. The summed E-state index contributed by atoms with van der Waals surface area (Å²) in [6.07, 6.45) is 4.61. The highest BCUT2D eigenvalue weighted by molar-refractivity contribution is 7.89. The fraction of sp³-hybridized carbons (Fsp3) is 0.304. The van der Waals surface area contributed by atoms with E-state index in [2.05, 4.69) is 5.10 Å². The predicted molar refractivity (Wildman–Crippen MR) is 124 cm³/mol. The molecule has 1 saturated heterocycles. The highest BCUT2D eigenvalue weighted by atomic mass is 35.5. The van der Waals surface area contributed by atoms with Crippen LogP contribution in [0.3, 0.4) is 0 Å². The summed E-state index contributed by atoms with van der Waals surface area (Å²) in [5.41, 5.74) is 3.15. The van der Waals surface area contributed by atoms with Gasteiger partial charge in [-0.15, -0.1) is 0 Å². The third-order valence-corrected chi connectivity index (χ3v) is 8.44. The van der Waals surface area contributed by atoms with Crippen LogP contribution < -0.4 is 10.5 Å². The van der Waals surface area contributed by atoms with Gasteiger partial charge in [0.25, 0.3) is 5.56 Å². The van der Waals surface area contributed by atoms with E-state index in [0.29, 0.717) is 42.4 Å². The molecule has 0 N–H and O–H groups in total. The lowest BCUT2D eigenvalue weighted by Gasteiger charge is -2.35. The number of aromatic nitrogens is 2. The molecule has 7 nitrogen and oxygen atoms in total. The van der Waals surface area contributed by atoms with Crippen LogP contribution in [0.15, 0.2) is 64.4 Å². The molecule has 2 heterocycles. The summed E-state index contributed by atoms with van der Waals surface area (Å²) in [5.74, 6) is 0. The van der Waals surface area contributed by atoms with Gasteiger partial charge in [-0.1, -0.05) is 35.9 Å². The normalized spacial score (nSPS) is 16.8. The van der Waals surface area contributed by atoms with Crippen molar-refractivity contribution in [3.05, 3.63) is 81.2 Å². The molecule has 1 aliphatic carbocycles. The van der Waals surface area contributed by atoms with Gasteiger partial charge < -0.3 is 4.90 Å². The van der Waals surface area contributed by atoms with E-state index in [9.17, 15) is 13.2 Å². The Labute approximate surface area is 191 Å². The van der Waals surface area contributed by atoms with Crippen molar-refractivity contribution in [2.45, 2.75) is 24.2 Å². The minimum absolute atomic E-state index is 0.0822. The summed E-state index contributed by atoms with van der Waals surface area (Å²) in [6.45, 7) is 1.50. The van der Waals surface area contributed by atoms with Gasteiger partial charge in [-0.3, -0.25) is 4.79 Å². The number of nitrogens with zero attached hydrogens (tertiary/aromatic N) is 4. The third kappa shape index (κ3) is 3.72. The van der Waals surface area contributed by atoms with Gasteiger partial charge in [0.2, 0.25) is 10.0 Å². The molecular formula is C23H23ClN4O3S. The summed E-state index contributed by atoms with van der Waals surface area (Å²) in [6, 6.07) is 14.6. The van der Waals surface area contributed by atoms with Crippen molar-refractivity contribution in [1.29, 1.82) is 0 Å². The van der Waals surface area contributed by atoms with Crippen molar-refractivity contribution in [1.82, 2.24) is 14.1 Å². The van der Waals surface area contributed by atoms with E-state index in [1.54, 1.807) is 24.4 Å². The van der Waals surface area contributed by atoms with Gasteiger partial charge in [-0.25, -0.2) is 8.42 Å². The Morgan fingerprint density at radius 3 is 2.38 bits per heavy atom. The predicted octanol–water partition coefficient (Wildman–Crippen LogP) is 2.89. The summed E-state index contributed by atoms with van der Waals surface area (Å²) >= 11 is 6.41. The molecule has 2 aliphatic rings. The van der Waals surface area contributed by atoms with Gasteiger partial charge in [0.15, 0.2) is 0 Å². The lowest BCUT2D eigenvalue weighted by molar-refractivity contribution is 0.384. The molecule has 2 aromatic carbocycles. The standard InChI is InChI=1S/C23H23ClN4O3S/c24-22-21(16-25-28(23(22)29)19-7-2-1-3-8-19)26-11-13-27(14-12-26)32(30,31)20-10-9-17-5-4-6-18(17)15-20/h1-3,7-10,15-16H,4-6,11-14H2. The van der Waals surface area contributed by atoms with Crippen molar-refractivity contribution < 1.29 is 8.42 Å². The Balaban J connectivity index is 1.34. The maximum absolute atomic E-state index is 13.2. The number of halogens is 1. The van der Waals surface area contributed by atoms with E-state index in [0.717, 1.165) is 24.8 Å². The number of aryl methyl sites for hydroxylation is 2. The number of benzene rings is 2. The first-order valence-electron chi connectivity index (χ1n) is 10.7. The second-order valence-corrected chi connectivity index (χ2v) is 10.4. The minimum Gasteiger partial charge on any atom is -0.366 e. The molecule has 1 aromatic heterocycles. The van der Waals surface area contributed by atoms with Gasteiger partial charge in [0.05, 0.1) is 22.5 Å². The average molecular weight is 471 g/mol. The van der Waals surface area contributed by atoms with Crippen LogP contribution in [-0.4, -0.2) is 48.7 Å². The fourth-order valence-corrected chi connectivity index (χ4v) is 6.15. The summed E-state index contributed by atoms with van der Waals surface area (Å²) in [7, 11) is -3.56. The van der Waals surface area contributed by atoms with Crippen LogP contribution in [0.1, 0.15) is 17.5 Å². The summed E-state index contributed by atoms with van der Waals surface area (Å²) in [5, 5.41) is 4.36. The van der Waals surface area contributed by atoms with Crippen LogP contribution in [0.5, 0.6) is 0 Å². The van der Waals surface area contributed by atoms with Crippen molar-refractivity contribution in [3.8, 4) is 5.69 Å². The van der Waals surface area contributed by atoms with Crippen molar-refractivity contribution in [3.63, 3.8) is 0 Å². The summed E-state index contributed by atoms with van der Waals surface area (Å²) in [4.78, 5) is 15.0. The van der Waals surface area contributed by atoms with Crippen LogP contribution in [0.2, 0.25) is 5.02 Å². The lowest BCUT2D eigenvalue weighted by Crippen LogP contribution is -2.49. The zero-order valence-electron chi connectivity index (χ0n) is 17.4. The average Bonchev–Trinajstić information content (AvgIpc) is 3.29. The van der Waals surface area contributed by atoms with Gasteiger partial charge >= 0.3 is 0 Å². The van der Waals surface area contributed by atoms with Crippen LogP contribution in [0.4, 0.5) is 5.69 Å². The zero-order valence-corrected chi connectivity index (χ0v) is 19.0. The van der Waals surface area contributed by atoms with E-state index in [4.69, 9.17) is 11.6 Å². The largest absolute Gasteiger partial charge is 0.366 e. The quantitative estimate of drug-likeness (QED) is 0.586. The molecule has 9 heteroatoms. The second kappa shape index (κ2) is 8.35. The molecule has 0 bridgehead atoms. The highest BCUT2D eigenvalue weighted by Gasteiger charge is 2.30. The second-order valence-electron chi connectivity index (χ2n) is 8.07.